The molecule has 88 valence electrons. The van der Waals surface area contributed by atoms with Crippen LogP contribution in [-0.4, -0.2) is 45.0 Å². The first-order valence-electron chi connectivity index (χ1n) is 5.32. The Balaban J connectivity index is 1.86. The van der Waals surface area contributed by atoms with Crippen molar-refractivity contribution in [2.75, 3.05) is 13.1 Å². The van der Waals surface area contributed by atoms with Crippen molar-refractivity contribution in [1.29, 1.82) is 0 Å². The average molecular weight is 225 g/mol. The Bertz CT molecular complexity index is 369. The van der Waals surface area contributed by atoms with Gasteiger partial charge in [0.05, 0.1) is 6.20 Å². The highest BCUT2D eigenvalue weighted by Gasteiger charge is 2.23. The first-order chi connectivity index (χ1) is 7.66. The molecular formula is C10H15N3O3. The van der Waals surface area contributed by atoms with Crippen molar-refractivity contribution in [2.45, 2.75) is 25.9 Å². The molecule has 0 saturated carbocycles. The van der Waals surface area contributed by atoms with Gasteiger partial charge in [0.1, 0.15) is 11.9 Å². The van der Waals surface area contributed by atoms with Crippen LogP contribution in [0, 0.1) is 6.92 Å². The Hall–Kier alpha value is -1.72. The van der Waals surface area contributed by atoms with Crippen LogP contribution in [0.5, 0.6) is 0 Å². The molecule has 1 aromatic rings. The van der Waals surface area contributed by atoms with E-state index in [0.29, 0.717) is 13.1 Å². The monoisotopic (exact) mass is 225 g/mol. The zero-order valence-corrected chi connectivity index (χ0v) is 9.17. The Labute approximate surface area is 93.4 Å². The van der Waals surface area contributed by atoms with Crippen LogP contribution in [-0.2, 0) is 0 Å². The fraction of sp³-hybridized carbons (Fsp3) is 0.600. The van der Waals surface area contributed by atoms with Gasteiger partial charge in [-0.3, -0.25) is 0 Å². The van der Waals surface area contributed by atoms with Crippen molar-refractivity contribution >= 4 is 6.09 Å². The van der Waals surface area contributed by atoms with E-state index in [0.717, 1.165) is 18.7 Å². The fourth-order valence-corrected chi connectivity index (χ4v) is 1.79. The van der Waals surface area contributed by atoms with E-state index in [1.165, 1.54) is 4.90 Å². The summed E-state index contributed by atoms with van der Waals surface area (Å²) in [6.07, 6.45) is 4.12. The standard InChI is InChI=1S/C10H15N3O3/c1-8-11-4-7-13(8)16-9-2-5-12(6-3-9)10(14)15/h4,7,9H,2-3,5-6H2,1H3,(H,14,15). The molecule has 6 nitrogen and oxygen atoms in total. The van der Waals surface area contributed by atoms with Gasteiger partial charge >= 0.3 is 6.09 Å². The van der Waals surface area contributed by atoms with E-state index in [2.05, 4.69) is 4.98 Å². The summed E-state index contributed by atoms with van der Waals surface area (Å²) in [6, 6.07) is 0. The minimum absolute atomic E-state index is 0.0727. The van der Waals surface area contributed by atoms with Crippen LogP contribution in [0.4, 0.5) is 4.79 Å². The summed E-state index contributed by atoms with van der Waals surface area (Å²) < 4.78 is 1.64. The van der Waals surface area contributed by atoms with Crippen molar-refractivity contribution in [1.82, 2.24) is 14.6 Å². The molecule has 1 amide bonds. The van der Waals surface area contributed by atoms with E-state index >= 15 is 0 Å². The third-order valence-corrected chi connectivity index (χ3v) is 2.76. The lowest BCUT2D eigenvalue weighted by Crippen LogP contribution is -2.42. The molecule has 1 aromatic heterocycles. The summed E-state index contributed by atoms with van der Waals surface area (Å²) in [5.41, 5.74) is 0. The molecule has 2 heterocycles. The summed E-state index contributed by atoms with van der Waals surface area (Å²) in [6.45, 7) is 2.94. The highest BCUT2D eigenvalue weighted by Crippen LogP contribution is 2.12. The van der Waals surface area contributed by atoms with Gasteiger partial charge in [-0.1, -0.05) is 0 Å². The molecule has 2 rings (SSSR count). The maximum Gasteiger partial charge on any atom is 0.407 e. The van der Waals surface area contributed by atoms with E-state index < -0.39 is 6.09 Å². The second-order valence-electron chi connectivity index (χ2n) is 3.87. The molecule has 6 heteroatoms. The first kappa shape index (κ1) is 10.8. The van der Waals surface area contributed by atoms with Crippen molar-refractivity contribution in [3.8, 4) is 0 Å². The molecule has 0 radical (unpaired) electrons. The highest BCUT2D eigenvalue weighted by molar-refractivity contribution is 5.64. The molecule has 1 fully saturated rings. The molecule has 0 spiro atoms. The minimum atomic E-state index is -0.850. The Morgan fingerprint density at radius 1 is 1.56 bits per heavy atom. The van der Waals surface area contributed by atoms with Crippen LogP contribution >= 0.6 is 0 Å². The van der Waals surface area contributed by atoms with E-state index in [4.69, 9.17) is 9.94 Å². The SMILES string of the molecule is Cc1nccn1OC1CCN(C(=O)O)CC1. The lowest BCUT2D eigenvalue weighted by Gasteiger charge is -2.30. The van der Waals surface area contributed by atoms with Gasteiger partial charge in [0.25, 0.3) is 0 Å². The summed E-state index contributed by atoms with van der Waals surface area (Å²) in [4.78, 5) is 21.9. The molecule has 0 aliphatic carbocycles. The number of aryl methyl sites for hydroxylation is 1. The number of rotatable bonds is 2. The number of amides is 1. The fourth-order valence-electron chi connectivity index (χ4n) is 1.79. The number of likely N-dealkylation sites (tertiary alicyclic amines) is 1. The molecular weight excluding hydrogens is 210 g/mol. The number of carboxylic acid groups (broad SMARTS) is 1. The van der Waals surface area contributed by atoms with Gasteiger partial charge in [0.2, 0.25) is 0 Å². The summed E-state index contributed by atoms with van der Waals surface area (Å²) >= 11 is 0. The number of aromatic nitrogens is 2. The smallest absolute Gasteiger partial charge is 0.407 e. The number of imidazole rings is 1. The molecule has 1 aliphatic heterocycles. The van der Waals surface area contributed by atoms with Crippen LogP contribution in [0.25, 0.3) is 0 Å². The van der Waals surface area contributed by atoms with Gasteiger partial charge < -0.3 is 14.8 Å². The van der Waals surface area contributed by atoms with E-state index in [1.54, 1.807) is 17.1 Å². The van der Waals surface area contributed by atoms with Gasteiger partial charge in [-0.25, -0.2) is 9.78 Å². The van der Waals surface area contributed by atoms with Crippen LogP contribution < -0.4 is 4.84 Å². The van der Waals surface area contributed by atoms with E-state index in [1.807, 2.05) is 6.92 Å². The molecule has 0 atom stereocenters. The van der Waals surface area contributed by atoms with Crippen molar-refractivity contribution in [3.63, 3.8) is 0 Å². The predicted molar refractivity (Wildman–Crippen MR) is 56.2 cm³/mol. The highest BCUT2D eigenvalue weighted by atomic mass is 16.7. The van der Waals surface area contributed by atoms with Gasteiger partial charge in [-0.05, 0) is 6.92 Å². The molecule has 0 bridgehead atoms. The van der Waals surface area contributed by atoms with Crippen LogP contribution in [0.2, 0.25) is 0 Å². The Morgan fingerprint density at radius 3 is 2.75 bits per heavy atom. The number of hydrogen-bond acceptors (Lipinski definition) is 3. The number of hydrogen-bond donors (Lipinski definition) is 1. The quantitative estimate of drug-likeness (QED) is 0.807. The summed E-state index contributed by atoms with van der Waals surface area (Å²) in [7, 11) is 0. The van der Waals surface area contributed by atoms with Crippen molar-refractivity contribution in [3.05, 3.63) is 18.2 Å². The van der Waals surface area contributed by atoms with Crippen molar-refractivity contribution in [2.24, 2.45) is 0 Å². The number of nitrogens with zero attached hydrogens (tertiary/aromatic N) is 3. The Morgan fingerprint density at radius 2 is 2.25 bits per heavy atom. The first-order valence-corrected chi connectivity index (χ1v) is 5.32. The lowest BCUT2D eigenvalue weighted by atomic mass is 10.1. The topological polar surface area (TPSA) is 67.6 Å². The maximum absolute atomic E-state index is 10.7. The van der Waals surface area contributed by atoms with Gasteiger partial charge in [0, 0.05) is 32.1 Å². The average Bonchev–Trinajstić information content (AvgIpc) is 2.65. The predicted octanol–water partition coefficient (Wildman–Crippen LogP) is 0.763. The molecule has 1 saturated heterocycles. The van der Waals surface area contributed by atoms with Crippen LogP contribution in [0.3, 0.4) is 0 Å². The summed E-state index contributed by atoms with van der Waals surface area (Å²) in [5.74, 6) is 0.806. The zero-order valence-electron chi connectivity index (χ0n) is 9.17. The minimum Gasteiger partial charge on any atom is -0.465 e. The molecule has 16 heavy (non-hydrogen) atoms. The Kier molecular flexibility index (Phi) is 2.98. The largest absolute Gasteiger partial charge is 0.465 e. The number of carbonyl (C=O) groups is 1. The van der Waals surface area contributed by atoms with Gasteiger partial charge in [0.15, 0.2) is 0 Å². The third kappa shape index (κ3) is 2.26. The van der Waals surface area contributed by atoms with Gasteiger partial charge in [-0.15, -0.1) is 0 Å². The zero-order chi connectivity index (χ0) is 11.5. The van der Waals surface area contributed by atoms with Crippen LogP contribution in [0.15, 0.2) is 12.4 Å². The maximum atomic E-state index is 10.7. The van der Waals surface area contributed by atoms with E-state index in [9.17, 15) is 4.79 Å². The molecule has 0 aromatic carbocycles. The van der Waals surface area contributed by atoms with Crippen molar-refractivity contribution < 1.29 is 14.7 Å². The molecule has 1 N–H and O–H groups in total. The van der Waals surface area contributed by atoms with E-state index in [-0.39, 0.29) is 6.10 Å². The lowest BCUT2D eigenvalue weighted by molar-refractivity contribution is -0.00325. The second kappa shape index (κ2) is 4.42. The normalized spacial score (nSPS) is 17.4. The molecule has 1 aliphatic rings. The summed E-state index contributed by atoms with van der Waals surface area (Å²) in [5, 5.41) is 8.80. The number of piperidine rings is 1. The second-order valence-corrected chi connectivity index (χ2v) is 3.87. The molecule has 0 unspecified atom stereocenters. The van der Waals surface area contributed by atoms with Gasteiger partial charge in [-0.2, -0.15) is 4.73 Å². The van der Waals surface area contributed by atoms with Crippen LogP contribution in [0.1, 0.15) is 18.7 Å². The third-order valence-electron chi connectivity index (χ3n) is 2.76.